The molecule has 2 N–H and O–H groups in total. The lowest BCUT2D eigenvalue weighted by atomic mass is 9.89. The van der Waals surface area contributed by atoms with Crippen molar-refractivity contribution in [2.75, 3.05) is 7.11 Å². The Morgan fingerprint density at radius 2 is 1.70 bits per heavy atom. The highest BCUT2D eigenvalue weighted by Crippen LogP contribution is 2.29. The fourth-order valence-electron chi connectivity index (χ4n) is 2.35. The van der Waals surface area contributed by atoms with E-state index in [2.05, 4.69) is 0 Å². The third-order valence-electron chi connectivity index (χ3n) is 3.76. The molecule has 1 heterocycles. The summed E-state index contributed by atoms with van der Waals surface area (Å²) in [7, 11) is 1.60. The Kier molecular flexibility index (Phi) is 4.86. The Hall–Kier alpha value is -1.30. The molecule has 0 aliphatic carbocycles. The van der Waals surface area contributed by atoms with E-state index in [4.69, 9.17) is 14.2 Å². The molecule has 2 rings (SSSR count). The molecule has 1 aliphatic heterocycles. The molecule has 0 amide bonds. The van der Waals surface area contributed by atoms with Gasteiger partial charge in [-0.25, -0.2) is 0 Å². The Bertz CT molecular complexity index is 417. The van der Waals surface area contributed by atoms with E-state index in [0.29, 0.717) is 12.2 Å². The highest BCUT2D eigenvalue weighted by Gasteiger charge is 2.42. The molecule has 2 unspecified atom stereocenters. The molecule has 0 saturated carbocycles. The molecule has 0 aromatic heterocycles. The van der Waals surface area contributed by atoms with Crippen LogP contribution in [0.25, 0.3) is 0 Å². The second-order valence-corrected chi connectivity index (χ2v) is 5.08. The summed E-state index contributed by atoms with van der Waals surface area (Å²) >= 11 is 0. The van der Waals surface area contributed by atoms with Gasteiger partial charge in [-0.1, -0.05) is 13.8 Å². The zero-order valence-electron chi connectivity index (χ0n) is 12.0. The van der Waals surface area contributed by atoms with Crippen LogP contribution in [0.2, 0.25) is 0 Å². The number of hydrogen-bond acceptors (Lipinski definition) is 5. The van der Waals surface area contributed by atoms with Crippen molar-refractivity contribution in [1.29, 1.82) is 0 Å². The van der Waals surface area contributed by atoms with Crippen LogP contribution in [-0.2, 0) is 4.74 Å². The topological polar surface area (TPSA) is 68.2 Å². The highest BCUT2D eigenvalue weighted by molar-refractivity contribution is 5.31. The molecule has 0 bridgehead atoms. The molecule has 1 saturated heterocycles. The van der Waals surface area contributed by atoms with E-state index in [-0.39, 0.29) is 12.0 Å². The number of benzene rings is 1. The number of rotatable bonds is 4. The van der Waals surface area contributed by atoms with E-state index < -0.39 is 18.5 Å². The second kappa shape index (κ2) is 6.43. The van der Waals surface area contributed by atoms with Crippen LogP contribution in [0, 0.1) is 5.92 Å². The SMILES string of the molecule is CCC1O[C@H](Oc2ccc(OC)cc2)C(O)[C@@H](C)[C@@H]1O. The fraction of sp³-hybridized carbons (Fsp3) is 0.600. The third-order valence-corrected chi connectivity index (χ3v) is 3.76. The first-order valence-corrected chi connectivity index (χ1v) is 6.89. The van der Waals surface area contributed by atoms with Gasteiger partial charge in [0, 0.05) is 5.92 Å². The van der Waals surface area contributed by atoms with Gasteiger partial charge >= 0.3 is 0 Å². The van der Waals surface area contributed by atoms with E-state index in [1.165, 1.54) is 0 Å². The average molecular weight is 282 g/mol. The fourth-order valence-corrected chi connectivity index (χ4v) is 2.35. The van der Waals surface area contributed by atoms with Crippen LogP contribution in [-0.4, -0.2) is 41.9 Å². The Morgan fingerprint density at radius 3 is 2.25 bits per heavy atom. The van der Waals surface area contributed by atoms with Crippen molar-refractivity contribution in [3.8, 4) is 11.5 Å². The van der Waals surface area contributed by atoms with Crippen LogP contribution in [0.5, 0.6) is 11.5 Å². The van der Waals surface area contributed by atoms with Gasteiger partial charge in [-0.3, -0.25) is 0 Å². The predicted octanol–water partition coefficient (Wildman–Crippen LogP) is 1.57. The molecule has 0 radical (unpaired) electrons. The van der Waals surface area contributed by atoms with Crippen LogP contribution in [0.15, 0.2) is 24.3 Å². The summed E-state index contributed by atoms with van der Waals surface area (Å²) in [4.78, 5) is 0. The maximum atomic E-state index is 10.1. The van der Waals surface area contributed by atoms with E-state index >= 15 is 0 Å². The van der Waals surface area contributed by atoms with Crippen molar-refractivity contribution in [3.63, 3.8) is 0 Å². The van der Waals surface area contributed by atoms with Crippen molar-refractivity contribution < 1.29 is 24.4 Å². The molecule has 5 atom stereocenters. The van der Waals surface area contributed by atoms with Crippen LogP contribution < -0.4 is 9.47 Å². The van der Waals surface area contributed by atoms with Crippen LogP contribution in [0.3, 0.4) is 0 Å². The normalized spacial score (nSPS) is 33.8. The summed E-state index contributed by atoms with van der Waals surface area (Å²) in [5, 5.41) is 20.2. The zero-order chi connectivity index (χ0) is 14.7. The van der Waals surface area contributed by atoms with E-state index in [1.54, 1.807) is 38.3 Å². The molecular weight excluding hydrogens is 260 g/mol. The van der Waals surface area contributed by atoms with Gasteiger partial charge in [0.25, 0.3) is 0 Å². The van der Waals surface area contributed by atoms with E-state index in [1.807, 2.05) is 6.92 Å². The minimum atomic E-state index is -0.866. The van der Waals surface area contributed by atoms with Gasteiger partial charge in [-0.05, 0) is 30.7 Å². The first-order chi connectivity index (χ1) is 9.56. The number of ether oxygens (including phenoxy) is 3. The average Bonchev–Trinajstić information content (AvgIpc) is 2.48. The molecule has 1 fully saturated rings. The first-order valence-electron chi connectivity index (χ1n) is 6.89. The van der Waals surface area contributed by atoms with Crippen molar-refractivity contribution in [2.45, 2.75) is 44.9 Å². The Labute approximate surface area is 119 Å². The molecule has 5 heteroatoms. The summed E-state index contributed by atoms with van der Waals surface area (Å²) < 4.78 is 16.4. The largest absolute Gasteiger partial charge is 0.497 e. The molecule has 0 spiro atoms. The van der Waals surface area contributed by atoms with Crippen molar-refractivity contribution in [3.05, 3.63) is 24.3 Å². The van der Waals surface area contributed by atoms with Gasteiger partial charge in [-0.15, -0.1) is 0 Å². The molecule has 1 aromatic carbocycles. The number of methoxy groups -OCH3 is 1. The van der Waals surface area contributed by atoms with Crippen LogP contribution in [0.4, 0.5) is 0 Å². The smallest absolute Gasteiger partial charge is 0.226 e. The molecule has 1 aromatic rings. The summed E-state index contributed by atoms with van der Waals surface area (Å²) in [5.74, 6) is 1.03. The minimum Gasteiger partial charge on any atom is -0.497 e. The lowest BCUT2D eigenvalue weighted by Gasteiger charge is -2.41. The van der Waals surface area contributed by atoms with Gasteiger partial charge in [0.05, 0.1) is 19.3 Å². The Balaban J connectivity index is 2.06. The zero-order valence-corrected chi connectivity index (χ0v) is 12.0. The standard InChI is InChI=1S/C15H22O5/c1-4-12-13(16)9(2)14(17)15(20-12)19-11-7-5-10(18-3)6-8-11/h5-9,12-17H,4H2,1-3H3/t9-,12?,13-,14?,15-/m0/s1. The summed E-state index contributed by atoms with van der Waals surface area (Å²) in [6.07, 6.45) is -1.97. The number of aliphatic hydroxyl groups excluding tert-OH is 2. The molecular formula is C15H22O5. The van der Waals surface area contributed by atoms with Gasteiger partial charge in [-0.2, -0.15) is 0 Å². The maximum absolute atomic E-state index is 10.1. The van der Waals surface area contributed by atoms with Crippen molar-refractivity contribution >= 4 is 0 Å². The summed E-state index contributed by atoms with van der Waals surface area (Å²) in [5.41, 5.74) is 0. The van der Waals surface area contributed by atoms with E-state index in [0.717, 1.165) is 5.75 Å². The van der Waals surface area contributed by atoms with Gasteiger partial charge < -0.3 is 24.4 Å². The van der Waals surface area contributed by atoms with Crippen LogP contribution >= 0.6 is 0 Å². The number of aliphatic hydroxyl groups is 2. The van der Waals surface area contributed by atoms with Gasteiger partial charge in [0.2, 0.25) is 6.29 Å². The number of hydrogen-bond donors (Lipinski definition) is 2. The molecule has 1 aliphatic rings. The molecule has 5 nitrogen and oxygen atoms in total. The molecule has 20 heavy (non-hydrogen) atoms. The third kappa shape index (κ3) is 3.06. The highest BCUT2D eigenvalue weighted by atomic mass is 16.7. The van der Waals surface area contributed by atoms with Crippen molar-refractivity contribution in [2.24, 2.45) is 5.92 Å². The second-order valence-electron chi connectivity index (χ2n) is 5.08. The maximum Gasteiger partial charge on any atom is 0.226 e. The van der Waals surface area contributed by atoms with Gasteiger partial charge in [0.1, 0.15) is 17.6 Å². The predicted molar refractivity (Wildman–Crippen MR) is 73.8 cm³/mol. The monoisotopic (exact) mass is 282 g/mol. The lowest BCUT2D eigenvalue weighted by molar-refractivity contribution is -0.255. The quantitative estimate of drug-likeness (QED) is 0.877. The Morgan fingerprint density at radius 1 is 1.10 bits per heavy atom. The summed E-state index contributed by atoms with van der Waals surface area (Å²) in [6.45, 7) is 3.73. The van der Waals surface area contributed by atoms with Gasteiger partial charge in [0.15, 0.2) is 0 Å². The minimum absolute atomic E-state index is 0.294. The van der Waals surface area contributed by atoms with Crippen LogP contribution in [0.1, 0.15) is 20.3 Å². The lowest BCUT2D eigenvalue weighted by Crippen LogP contribution is -2.54. The van der Waals surface area contributed by atoms with Crippen molar-refractivity contribution in [1.82, 2.24) is 0 Å². The molecule has 112 valence electrons. The first kappa shape index (κ1) is 15.1. The summed E-state index contributed by atoms with van der Waals surface area (Å²) in [6, 6.07) is 7.07. The van der Waals surface area contributed by atoms with E-state index in [9.17, 15) is 10.2 Å².